The highest BCUT2D eigenvalue weighted by atomic mass is 32.2. The van der Waals surface area contributed by atoms with Gasteiger partial charge in [0.05, 0.1) is 0 Å². The van der Waals surface area contributed by atoms with E-state index in [1.807, 2.05) is 20.8 Å². The van der Waals surface area contributed by atoms with Crippen LogP contribution in [0.2, 0.25) is 0 Å². The summed E-state index contributed by atoms with van der Waals surface area (Å²) in [4.78, 5) is 18.0. The molecule has 21 heavy (non-hydrogen) atoms. The predicted octanol–water partition coefficient (Wildman–Crippen LogP) is 2.13. The largest absolute Gasteiger partial charge is 0.444 e. The molecule has 2 heterocycles. The van der Waals surface area contributed by atoms with E-state index in [-0.39, 0.29) is 6.09 Å². The number of likely N-dealkylation sites (tertiary alicyclic amines) is 1. The number of hydrogen-bond donors (Lipinski definition) is 2. The van der Waals surface area contributed by atoms with Crippen molar-refractivity contribution >= 4 is 23.8 Å². The number of anilines is 1. The first-order valence-corrected chi connectivity index (χ1v) is 8.10. The number of nitrogens with two attached hydrogens (primary N) is 1. The molecule has 7 nitrogen and oxygen atoms in total. The summed E-state index contributed by atoms with van der Waals surface area (Å²) >= 11 is 1.56. The zero-order valence-electron chi connectivity index (χ0n) is 12.8. The number of thioether (sulfide) groups is 1. The molecule has 0 saturated carbocycles. The number of carbonyl (C=O) groups is 1. The molecular formula is C13H23N5O2S. The Morgan fingerprint density at radius 2 is 2.33 bits per heavy atom. The van der Waals surface area contributed by atoms with Crippen molar-refractivity contribution in [2.24, 2.45) is 5.92 Å². The zero-order valence-corrected chi connectivity index (χ0v) is 13.6. The molecule has 1 saturated heterocycles. The van der Waals surface area contributed by atoms with E-state index in [2.05, 4.69) is 15.2 Å². The highest BCUT2D eigenvalue weighted by Crippen LogP contribution is 2.25. The van der Waals surface area contributed by atoms with Gasteiger partial charge in [0.1, 0.15) is 5.60 Å². The number of rotatable bonds is 3. The Hall–Kier alpha value is -1.44. The SMILES string of the molecule is CC(C)(C)OC(=O)N1CCC[C@@H](CSc2n[nH]c(N)n2)C1. The van der Waals surface area contributed by atoms with Crippen LogP contribution in [0.25, 0.3) is 0 Å². The van der Waals surface area contributed by atoms with Gasteiger partial charge >= 0.3 is 6.09 Å². The maximum Gasteiger partial charge on any atom is 0.410 e. The number of H-pyrrole nitrogens is 1. The maximum atomic E-state index is 12.1. The van der Waals surface area contributed by atoms with Crippen LogP contribution in [0.3, 0.4) is 0 Å². The lowest BCUT2D eigenvalue weighted by molar-refractivity contribution is 0.0177. The summed E-state index contributed by atoms with van der Waals surface area (Å²) in [6, 6.07) is 0. The maximum absolute atomic E-state index is 12.1. The van der Waals surface area contributed by atoms with Crippen LogP contribution in [-0.2, 0) is 4.74 Å². The Morgan fingerprint density at radius 1 is 1.57 bits per heavy atom. The van der Waals surface area contributed by atoms with Crippen LogP contribution in [0.1, 0.15) is 33.6 Å². The third-order valence-electron chi connectivity index (χ3n) is 3.10. The van der Waals surface area contributed by atoms with E-state index in [1.54, 1.807) is 16.7 Å². The van der Waals surface area contributed by atoms with Crippen LogP contribution in [0, 0.1) is 5.92 Å². The molecular weight excluding hydrogens is 290 g/mol. The number of piperidine rings is 1. The van der Waals surface area contributed by atoms with E-state index < -0.39 is 5.60 Å². The van der Waals surface area contributed by atoms with Gasteiger partial charge in [0.2, 0.25) is 11.1 Å². The third kappa shape index (κ3) is 5.11. The molecule has 0 aromatic carbocycles. The number of amides is 1. The van der Waals surface area contributed by atoms with E-state index >= 15 is 0 Å². The minimum Gasteiger partial charge on any atom is -0.444 e. The molecule has 0 unspecified atom stereocenters. The third-order valence-corrected chi connectivity index (χ3v) is 4.18. The molecule has 0 radical (unpaired) electrons. The molecule has 3 N–H and O–H groups in total. The summed E-state index contributed by atoms with van der Waals surface area (Å²) in [6.07, 6.45) is 1.88. The smallest absolute Gasteiger partial charge is 0.410 e. The van der Waals surface area contributed by atoms with Gasteiger partial charge in [-0.2, -0.15) is 4.98 Å². The van der Waals surface area contributed by atoms with Crippen LogP contribution < -0.4 is 5.73 Å². The predicted molar refractivity (Wildman–Crippen MR) is 82.1 cm³/mol. The molecule has 8 heteroatoms. The van der Waals surface area contributed by atoms with Gasteiger partial charge in [0.15, 0.2) is 0 Å². The lowest BCUT2D eigenvalue weighted by Crippen LogP contribution is -2.43. The fourth-order valence-corrected chi connectivity index (χ4v) is 3.14. The average Bonchev–Trinajstić information content (AvgIpc) is 2.81. The van der Waals surface area contributed by atoms with Crippen molar-refractivity contribution < 1.29 is 9.53 Å². The number of carbonyl (C=O) groups excluding carboxylic acids is 1. The lowest BCUT2D eigenvalue weighted by Gasteiger charge is -2.33. The first kappa shape index (κ1) is 15.9. The number of aromatic amines is 1. The standard InChI is InChI=1S/C13H23N5O2S/c1-13(2,3)20-12(19)18-6-4-5-9(7-18)8-21-11-15-10(14)16-17-11/h9H,4-8H2,1-3H3,(H3,14,15,16,17)/t9-/m1/s1. The first-order chi connectivity index (χ1) is 9.83. The van der Waals surface area contributed by atoms with Crippen LogP contribution in [0.15, 0.2) is 5.16 Å². The van der Waals surface area contributed by atoms with E-state index in [4.69, 9.17) is 10.5 Å². The molecule has 1 aromatic heterocycles. The Labute approximate surface area is 129 Å². The molecule has 1 atom stereocenters. The van der Waals surface area contributed by atoms with Gasteiger partial charge in [-0.15, -0.1) is 5.10 Å². The minimum absolute atomic E-state index is 0.223. The molecule has 1 fully saturated rings. The molecule has 0 bridgehead atoms. The van der Waals surface area contributed by atoms with Crippen molar-refractivity contribution in [3.63, 3.8) is 0 Å². The molecule has 1 aromatic rings. The Morgan fingerprint density at radius 3 is 2.95 bits per heavy atom. The number of nitrogens with zero attached hydrogens (tertiary/aromatic N) is 3. The van der Waals surface area contributed by atoms with Gasteiger partial charge in [-0.3, -0.25) is 0 Å². The summed E-state index contributed by atoms with van der Waals surface area (Å²) in [6.45, 7) is 7.15. The zero-order chi connectivity index (χ0) is 15.5. The molecule has 1 amide bonds. The van der Waals surface area contributed by atoms with Crippen molar-refractivity contribution in [1.29, 1.82) is 0 Å². The highest BCUT2D eigenvalue weighted by molar-refractivity contribution is 7.99. The van der Waals surface area contributed by atoms with Gasteiger partial charge in [-0.25, -0.2) is 9.89 Å². The Bertz CT molecular complexity index is 485. The van der Waals surface area contributed by atoms with Crippen molar-refractivity contribution in [3.8, 4) is 0 Å². The fraction of sp³-hybridized carbons (Fsp3) is 0.769. The average molecular weight is 313 g/mol. The summed E-state index contributed by atoms with van der Waals surface area (Å²) in [7, 11) is 0. The second-order valence-electron chi connectivity index (χ2n) is 6.25. The summed E-state index contributed by atoms with van der Waals surface area (Å²) in [5.74, 6) is 1.63. The molecule has 0 aliphatic carbocycles. The summed E-state index contributed by atoms with van der Waals surface area (Å²) in [5, 5.41) is 7.27. The number of aromatic nitrogens is 3. The normalized spacial score (nSPS) is 19.6. The Balaban J connectivity index is 1.81. The first-order valence-electron chi connectivity index (χ1n) is 7.12. The highest BCUT2D eigenvalue weighted by Gasteiger charge is 2.27. The number of nitrogens with one attached hydrogen (secondary N) is 1. The van der Waals surface area contributed by atoms with Crippen LogP contribution in [0.5, 0.6) is 0 Å². The second-order valence-corrected chi connectivity index (χ2v) is 7.24. The van der Waals surface area contributed by atoms with E-state index in [1.165, 1.54) is 0 Å². The van der Waals surface area contributed by atoms with Gasteiger partial charge < -0.3 is 15.4 Å². The van der Waals surface area contributed by atoms with Crippen molar-refractivity contribution in [2.75, 3.05) is 24.6 Å². The molecule has 2 rings (SSSR count). The van der Waals surface area contributed by atoms with Gasteiger partial charge in [-0.1, -0.05) is 11.8 Å². The van der Waals surface area contributed by atoms with E-state index in [0.29, 0.717) is 17.0 Å². The number of ether oxygens (including phenoxy) is 1. The van der Waals surface area contributed by atoms with E-state index in [0.717, 1.165) is 31.7 Å². The monoisotopic (exact) mass is 313 g/mol. The van der Waals surface area contributed by atoms with Gasteiger partial charge in [0, 0.05) is 18.8 Å². The fourth-order valence-electron chi connectivity index (χ4n) is 2.21. The summed E-state index contributed by atoms with van der Waals surface area (Å²) in [5.41, 5.74) is 5.05. The number of hydrogen-bond acceptors (Lipinski definition) is 6. The topological polar surface area (TPSA) is 97.1 Å². The molecule has 1 aliphatic heterocycles. The van der Waals surface area contributed by atoms with Crippen molar-refractivity contribution in [2.45, 2.75) is 44.4 Å². The van der Waals surface area contributed by atoms with E-state index in [9.17, 15) is 4.79 Å². The van der Waals surface area contributed by atoms with Crippen LogP contribution in [-0.4, -0.2) is 50.6 Å². The lowest BCUT2D eigenvalue weighted by atomic mass is 10.0. The number of nitrogen functional groups attached to an aromatic ring is 1. The summed E-state index contributed by atoms with van der Waals surface area (Å²) < 4.78 is 5.43. The van der Waals surface area contributed by atoms with Gasteiger partial charge in [0.25, 0.3) is 0 Å². The minimum atomic E-state index is -0.449. The second kappa shape index (κ2) is 6.55. The van der Waals surface area contributed by atoms with Crippen molar-refractivity contribution in [3.05, 3.63) is 0 Å². The van der Waals surface area contributed by atoms with Crippen LogP contribution >= 0.6 is 11.8 Å². The van der Waals surface area contributed by atoms with Crippen molar-refractivity contribution in [1.82, 2.24) is 20.1 Å². The molecule has 0 spiro atoms. The van der Waals surface area contributed by atoms with Crippen LogP contribution in [0.4, 0.5) is 10.7 Å². The molecule has 118 valence electrons. The van der Waals surface area contributed by atoms with Gasteiger partial charge in [-0.05, 0) is 39.5 Å². The quantitative estimate of drug-likeness (QED) is 0.830. The molecule has 1 aliphatic rings. The Kier molecular flexibility index (Phi) is 4.97.